The highest BCUT2D eigenvalue weighted by Gasteiger charge is 2.25. The third kappa shape index (κ3) is 4.02. The molecule has 4 nitrogen and oxygen atoms in total. The van der Waals surface area contributed by atoms with Gasteiger partial charge in [-0.25, -0.2) is 0 Å². The van der Waals surface area contributed by atoms with Crippen LogP contribution >= 0.6 is 35.8 Å². The smallest absolute Gasteiger partial charge is 0.255 e. The van der Waals surface area contributed by atoms with Crippen molar-refractivity contribution in [1.82, 2.24) is 4.90 Å². The number of ether oxygens (including phenoxy) is 1. The lowest BCUT2D eigenvalue weighted by molar-refractivity contribution is -0.0167. The molecule has 0 spiro atoms. The average molecular weight is 337 g/mol. The molecule has 0 aliphatic carbocycles. The number of hydrogen-bond acceptors (Lipinski definition) is 4. The van der Waals surface area contributed by atoms with Gasteiger partial charge in [0.25, 0.3) is 5.91 Å². The van der Waals surface area contributed by atoms with Crippen LogP contribution in [-0.2, 0) is 4.74 Å². The van der Waals surface area contributed by atoms with Crippen LogP contribution in [0.2, 0.25) is 5.02 Å². The Morgan fingerprint density at radius 1 is 1.60 bits per heavy atom. The van der Waals surface area contributed by atoms with E-state index in [4.69, 9.17) is 22.1 Å². The summed E-state index contributed by atoms with van der Waals surface area (Å²) in [7, 11) is 0. The monoisotopic (exact) mass is 336 g/mol. The van der Waals surface area contributed by atoms with Crippen molar-refractivity contribution in [2.75, 3.05) is 32.5 Å². The molecule has 7 heteroatoms. The number of hydrogen-bond donors (Lipinski definition) is 1. The van der Waals surface area contributed by atoms with Gasteiger partial charge in [-0.3, -0.25) is 4.79 Å². The first-order valence-electron chi connectivity index (χ1n) is 6.10. The van der Waals surface area contributed by atoms with Crippen LogP contribution in [0.15, 0.2) is 23.1 Å². The predicted octanol–water partition coefficient (Wildman–Crippen LogP) is 2.28. The Balaban J connectivity index is 0.00000200. The highest BCUT2D eigenvalue weighted by atomic mass is 35.5. The van der Waals surface area contributed by atoms with Crippen molar-refractivity contribution < 1.29 is 9.53 Å². The molecule has 0 saturated carbocycles. The van der Waals surface area contributed by atoms with Crippen LogP contribution in [0.1, 0.15) is 10.4 Å². The molecule has 0 bridgehead atoms. The summed E-state index contributed by atoms with van der Waals surface area (Å²) in [6, 6.07) is 5.51. The second-order valence-electron chi connectivity index (χ2n) is 4.33. The predicted molar refractivity (Wildman–Crippen MR) is 85.2 cm³/mol. The highest BCUT2D eigenvalue weighted by molar-refractivity contribution is 7.98. The van der Waals surface area contributed by atoms with Gasteiger partial charge in [-0.1, -0.05) is 11.6 Å². The van der Waals surface area contributed by atoms with Crippen LogP contribution in [-0.4, -0.2) is 49.4 Å². The summed E-state index contributed by atoms with van der Waals surface area (Å²) in [4.78, 5) is 15.3. The molecule has 0 radical (unpaired) electrons. The lowest BCUT2D eigenvalue weighted by atomic mass is 10.1. The maximum absolute atomic E-state index is 12.5. The van der Waals surface area contributed by atoms with Gasteiger partial charge in [0, 0.05) is 24.5 Å². The van der Waals surface area contributed by atoms with E-state index >= 15 is 0 Å². The van der Waals surface area contributed by atoms with Crippen molar-refractivity contribution in [3.8, 4) is 0 Å². The molecule has 112 valence electrons. The quantitative estimate of drug-likeness (QED) is 0.860. The van der Waals surface area contributed by atoms with Crippen molar-refractivity contribution in [2.45, 2.75) is 11.0 Å². The van der Waals surface area contributed by atoms with Gasteiger partial charge in [-0.05, 0) is 24.5 Å². The topological polar surface area (TPSA) is 55.6 Å². The van der Waals surface area contributed by atoms with E-state index < -0.39 is 0 Å². The van der Waals surface area contributed by atoms with Gasteiger partial charge in [0.15, 0.2) is 0 Å². The van der Waals surface area contributed by atoms with Crippen LogP contribution in [0.5, 0.6) is 0 Å². The van der Waals surface area contributed by atoms with Gasteiger partial charge in [0.1, 0.15) is 0 Å². The maximum Gasteiger partial charge on any atom is 0.255 e. The molecule has 1 amide bonds. The summed E-state index contributed by atoms with van der Waals surface area (Å²) in [6.45, 7) is 2.04. The van der Waals surface area contributed by atoms with Crippen molar-refractivity contribution in [1.29, 1.82) is 0 Å². The van der Waals surface area contributed by atoms with Gasteiger partial charge in [-0.15, -0.1) is 24.2 Å². The molecule has 1 aliphatic heterocycles. The van der Waals surface area contributed by atoms with E-state index in [2.05, 4.69) is 0 Å². The van der Waals surface area contributed by atoms with E-state index in [9.17, 15) is 4.79 Å². The number of morpholine rings is 1. The second-order valence-corrected chi connectivity index (χ2v) is 5.61. The normalized spacial score (nSPS) is 18.6. The second kappa shape index (κ2) is 8.10. The molecule has 1 aromatic rings. The summed E-state index contributed by atoms with van der Waals surface area (Å²) in [5, 5.41) is 0.485. The minimum absolute atomic E-state index is 0. The van der Waals surface area contributed by atoms with Crippen molar-refractivity contribution in [2.24, 2.45) is 5.73 Å². The average Bonchev–Trinajstić information content (AvgIpc) is 2.47. The van der Waals surface area contributed by atoms with Crippen LogP contribution in [0.4, 0.5) is 0 Å². The molecule has 1 saturated heterocycles. The summed E-state index contributed by atoms with van der Waals surface area (Å²) in [5.41, 5.74) is 6.13. The molecule has 2 N–H and O–H groups in total. The van der Waals surface area contributed by atoms with Gasteiger partial charge in [0.2, 0.25) is 0 Å². The van der Waals surface area contributed by atoms with Crippen LogP contribution in [0, 0.1) is 0 Å². The van der Waals surface area contributed by atoms with Crippen molar-refractivity contribution in [3.63, 3.8) is 0 Å². The Morgan fingerprint density at radius 3 is 3.00 bits per heavy atom. The van der Waals surface area contributed by atoms with E-state index in [1.165, 1.54) is 0 Å². The first kappa shape index (κ1) is 17.6. The van der Waals surface area contributed by atoms with E-state index in [1.54, 1.807) is 22.7 Å². The molecule has 0 aromatic heterocycles. The maximum atomic E-state index is 12.5. The van der Waals surface area contributed by atoms with E-state index in [0.717, 1.165) is 4.90 Å². The number of rotatable bonds is 3. The zero-order chi connectivity index (χ0) is 13.8. The van der Waals surface area contributed by atoms with Crippen LogP contribution < -0.4 is 5.73 Å². The number of amides is 1. The molecule has 1 atom stereocenters. The first-order chi connectivity index (χ1) is 9.15. The SMILES string of the molecule is CSc1ccc(Cl)c(C(=O)N2CCOC(CN)C2)c1.Cl. The van der Waals surface area contributed by atoms with Crippen LogP contribution in [0.3, 0.4) is 0 Å². The number of carbonyl (C=O) groups excluding carboxylic acids is 1. The van der Waals surface area contributed by atoms with Crippen molar-refractivity contribution >= 4 is 41.7 Å². The summed E-state index contributed by atoms with van der Waals surface area (Å²) in [6.07, 6.45) is 1.89. The summed E-state index contributed by atoms with van der Waals surface area (Å²) in [5.74, 6) is -0.0531. The Morgan fingerprint density at radius 2 is 2.35 bits per heavy atom. The Bertz CT molecular complexity index is 474. The Hall–Kier alpha value is -0.460. The molecular weight excluding hydrogens is 319 g/mol. The molecule has 1 heterocycles. The number of benzene rings is 1. The van der Waals surface area contributed by atoms with E-state index in [0.29, 0.717) is 36.8 Å². The Kier molecular flexibility index (Phi) is 7.12. The molecule has 20 heavy (non-hydrogen) atoms. The number of carbonyl (C=O) groups is 1. The summed E-state index contributed by atoms with van der Waals surface area (Å²) < 4.78 is 5.46. The van der Waals surface area contributed by atoms with Gasteiger partial charge in [0.05, 0.1) is 23.3 Å². The van der Waals surface area contributed by atoms with Gasteiger partial charge >= 0.3 is 0 Å². The zero-order valence-corrected chi connectivity index (χ0v) is 13.6. The fourth-order valence-electron chi connectivity index (χ4n) is 2.01. The van der Waals surface area contributed by atoms with Gasteiger partial charge < -0.3 is 15.4 Å². The molecule has 1 aliphatic rings. The first-order valence-corrected chi connectivity index (χ1v) is 7.70. The molecular formula is C13H18Cl2N2O2S. The lowest BCUT2D eigenvalue weighted by Gasteiger charge is -2.32. The largest absolute Gasteiger partial charge is 0.373 e. The zero-order valence-electron chi connectivity index (χ0n) is 11.2. The highest BCUT2D eigenvalue weighted by Crippen LogP contribution is 2.24. The standard InChI is InChI=1S/C13H17ClN2O2S.ClH/c1-19-10-2-3-12(14)11(6-10)13(17)16-4-5-18-9(7-15)8-16;/h2-3,6,9H,4-5,7-8,15H2,1H3;1H. The minimum Gasteiger partial charge on any atom is -0.373 e. The summed E-state index contributed by atoms with van der Waals surface area (Å²) >= 11 is 7.71. The molecule has 2 rings (SSSR count). The third-order valence-electron chi connectivity index (χ3n) is 3.09. The van der Waals surface area contributed by atoms with E-state index in [-0.39, 0.29) is 24.4 Å². The lowest BCUT2D eigenvalue weighted by Crippen LogP contribution is -2.48. The number of thioether (sulfide) groups is 1. The van der Waals surface area contributed by atoms with Crippen molar-refractivity contribution in [3.05, 3.63) is 28.8 Å². The molecule has 1 unspecified atom stereocenters. The third-order valence-corrected chi connectivity index (χ3v) is 4.15. The van der Waals surface area contributed by atoms with Crippen LogP contribution in [0.25, 0.3) is 0 Å². The van der Waals surface area contributed by atoms with E-state index in [1.807, 2.05) is 18.4 Å². The molecule has 1 fully saturated rings. The number of halogens is 2. The fourth-order valence-corrected chi connectivity index (χ4v) is 2.65. The number of nitrogens with two attached hydrogens (primary N) is 1. The Labute approximate surface area is 134 Å². The van der Waals surface area contributed by atoms with Gasteiger partial charge in [-0.2, -0.15) is 0 Å². The minimum atomic E-state index is -0.0831. The fraction of sp³-hybridized carbons (Fsp3) is 0.462. The molecule has 1 aromatic carbocycles. The number of nitrogens with zero attached hydrogens (tertiary/aromatic N) is 1.